The van der Waals surface area contributed by atoms with E-state index in [0.717, 1.165) is 26.1 Å². The highest BCUT2D eigenvalue weighted by Crippen LogP contribution is 2.20. The fourth-order valence-corrected chi connectivity index (χ4v) is 2.72. The van der Waals surface area contributed by atoms with Gasteiger partial charge in [0.15, 0.2) is 0 Å². The van der Waals surface area contributed by atoms with Crippen LogP contribution in [0.2, 0.25) is 0 Å². The first-order valence-corrected chi connectivity index (χ1v) is 6.61. The lowest BCUT2D eigenvalue weighted by Gasteiger charge is -2.35. The first-order valence-electron chi connectivity index (χ1n) is 6.61. The van der Waals surface area contributed by atoms with Gasteiger partial charge in [-0.15, -0.1) is 0 Å². The number of benzene rings is 1. The molecule has 0 aromatic heterocycles. The second-order valence-corrected chi connectivity index (χ2v) is 5.54. The van der Waals surface area contributed by atoms with Crippen molar-refractivity contribution in [2.75, 3.05) is 13.1 Å². The molecule has 0 saturated carbocycles. The molecule has 1 fully saturated rings. The zero-order valence-electron chi connectivity index (χ0n) is 11.2. The van der Waals surface area contributed by atoms with Crippen LogP contribution in [0.3, 0.4) is 0 Å². The lowest BCUT2D eigenvalue weighted by molar-refractivity contribution is 0.157. The van der Waals surface area contributed by atoms with Crippen LogP contribution < -0.4 is 5.73 Å². The summed E-state index contributed by atoms with van der Waals surface area (Å²) in [5, 5.41) is 0. The fourth-order valence-electron chi connectivity index (χ4n) is 2.72. The number of rotatable bonds is 2. The van der Waals surface area contributed by atoms with Gasteiger partial charge in [-0.2, -0.15) is 0 Å². The van der Waals surface area contributed by atoms with Crippen molar-refractivity contribution >= 4 is 0 Å². The monoisotopic (exact) mass is 232 g/mol. The summed E-state index contributed by atoms with van der Waals surface area (Å²) in [5.74, 6) is 0.619. The summed E-state index contributed by atoms with van der Waals surface area (Å²) in [7, 11) is 0. The minimum atomic E-state index is 0.393. The largest absolute Gasteiger partial charge is 0.327 e. The molecule has 2 unspecified atom stereocenters. The third-order valence-corrected chi connectivity index (χ3v) is 4.08. The average Bonchev–Trinajstić information content (AvgIpc) is 2.28. The molecule has 2 N–H and O–H groups in total. The van der Waals surface area contributed by atoms with Crippen LogP contribution in [0.4, 0.5) is 0 Å². The third kappa shape index (κ3) is 2.88. The van der Waals surface area contributed by atoms with E-state index in [0.29, 0.717) is 12.0 Å². The summed E-state index contributed by atoms with van der Waals surface area (Å²) in [5.41, 5.74) is 10.4. The SMILES string of the molecule is Cc1cccc(C)c1CN1CCC(N)C(C)C1. The Morgan fingerprint density at radius 3 is 2.53 bits per heavy atom. The Morgan fingerprint density at radius 2 is 1.94 bits per heavy atom. The predicted molar refractivity (Wildman–Crippen MR) is 72.9 cm³/mol. The molecule has 0 aliphatic carbocycles. The average molecular weight is 232 g/mol. The van der Waals surface area contributed by atoms with Crippen molar-refractivity contribution in [1.29, 1.82) is 0 Å². The van der Waals surface area contributed by atoms with Crippen molar-refractivity contribution in [3.05, 3.63) is 34.9 Å². The smallest absolute Gasteiger partial charge is 0.0239 e. The van der Waals surface area contributed by atoms with Gasteiger partial charge in [0.1, 0.15) is 0 Å². The van der Waals surface area contributed by atoms with Crippen LogP contribution in [0.25, 0.3) is 0 Å². The number of nitrogens with two attached hydrogens (primary N) is 1. The molecule has 0 bridgehead atoms. The fraction of sp³-hybridized carbons (Fsp3) is 0.600. The Balaban J connectivity index is 2.06. The van der Waals surface area contributed by atoms with Gasteiger partial charge in [0.25, 0.3) is 0 Å². The number of aryl methyl sites for hydroxylation is 2. The van der Waals surface area contributed by atoms with Crippen molar-refractivity contribution in [1.82, 2.24) is 4.90 Å². The maximum atomic E-state index is 6.07. The molecule has 1 heterocycles. The molecule has 0 spiro atoms. The number of hydrogen-bond acceptors (Lipinski definition) is 2. The molecule has 1 aromatic carbocycles. The van der Waals surface area contributed by atoms with E-state index in [9.17, 15) is 0 Å². The molecule has 1 aromatic rings. The highest BCUT2D eigenvalue weighted by Gasteiger charge is 2.23. The molecule has 1 aliphatic heterocycles. The van der Waals surface area contributed by atoms with Crippen molar-refractivity contribution < 1.29 is 0 Å². The predicted octanol–water partition coefficient (Wildman–Crippen LogP) is 2.47. The summed E-state index contributed by atoms with van der Waals surface area (Å²) < 4.78 is 0. The normalized spacial score (nSPS) is 26.1. The van der Waals surface area contributed by atoms with Crippen LogP contribution in [0.1, 0.15) is 30.0 Å². The van der Waals surface area contributed by atoms with E-state index in [4.69, 9.17) is 5.73 Å². The van der Waals surface area contributed by atoms with Gasteiger partial charge in [0.2, 0.25) is 0 Å². The van der Waals surface area contributed by atoms with E-state index in [1.165, 1.54) is 16.7 Å². The molecule has 2 heteroatoms. The van der Waals surface area contributed by atoms with Gasteiger partial charge in [-0.05, 0) is 49.4 Å². The Hall–Kier alpha value is -0.860. The summed E-state index contributed by atoms with van der Waals surface area (Å²) >= 11 is 0. The second kappa shape index (κ2) is 5.19. The number of likely N-dealkylation sites (tertiary alicyclic amines) is 1. The van der Waals surface area contributed by atoms with Gasteiger partial charge < -0.3 is 5.73 Å². The van der Waals surface area contributed by atoms with Gasteiger partial charge in [-0.25, -0.2) is 0 Å². The van der Waals surface area contributed by atoms with Crippen molar-refractivity contribution in [3.8, 4) is 0 Å². The Labute approximate surface area is 105 Å². The lowest BCUT2D eigenvalue weighted by atomic mass is 9.93. The van der Waals surface area contributed by atoms with Gasteiger partial charge in [-0.3, -0.25) is 4.90 Å². The maximum Gasteiger partial charge on any atom is 0.0239 e. The van der Waals surface area contributed by atoms with Crippen molar-refractivity contribution in [3.63, 3.8) is 0 Å². The van der Waals surface area contributed by atoms with Crippen LogP contribution >= 0.6 is 0 Å². The topological polar surface area (TPSA) is 29.3 Å². The summed E-state index contributed by atoms with van der Waals surface area (Å²) in [6.45, 7) is 10.0. The lowest BCUT2D eigenvalue weighted by Crippen LogP contribution is -2.45. The number of nitrogens with zero attached hydrogens (tertiary/aromatic N) is 1. The summed E-state index contributed by atoms with van der Waals surface area (Å²) in [6.07, 6.45) is 1.13. The molecule has 2 rings (SSSR count). The van der Waals surface area contributed by atoms with E-state index in [2.05, 4.69) is 43.9 Å². The Bertz CT molecular complexity index is 366. The molecule has 2 nitrogen and oxygen atoms in total. The molecular weight excluding hydrogens is 208 g/mol. The highest BCUT2D eigenvalue weighted by atomic mass is 15.1. The van der Waals surface area contributed by atoms with Gasteiger partial charge in [0, 0.05) is 19.1 Å². The molecule has 17 heavy (non-hydrogen) atoms. The van der Waals surface area contributed by atoms with E-state index in [1.807, 2.05) is 0 Å². The minimum absolute atomic E-state index is 0.393. The van der Waals surface area contributed by atoms with Crippen LogP contribution in [0.5, 0.6) is 0 Å². The highest BCUT2D eigenvalue weighted by molar-refractivity contribution is 5.33. The van der Waals surface area contributed by atoms with Gasteiger partial charge in [0.05, 0.1) is 0 Å². The standard InChI is InChI=1S/C15H24N2/c1-11-5-4-6-12(2)14(11)10-17-8-7-15(16)13(3)9-17/h4-6,13,15H,7-10,16H2,1-3H3. The maximum absolute atomic E-state index is 6.07. The number of hydrogen-bond donors (Lipinski definition) is 1. The first kappa shape index (κ1) is 12.6. The zero-order chi connectivity index (χ0) is 12.4. The second-order valence-electron chi connectivity index (χ2n) is 5.54. The molecular formula is C15H24N2. The third-order valence-electron chi connectivity index (χ3n) is 4.08. The van der Waals surface area contributed by atoms with Crippen molar-refractivity contribution in [2.45, 2.75) is 39.8 Å². The van der Waals surface area contributed by atoms with Crippen LogP contribution in [0, 0.1) is 19.8 Å². The van der Waals surface area contributed by atoms with E-state index < -0.39 is 0 Å². The molecule has 1 aliphatic rings. The van der Waals surface area contributed by atoms with Crippen LogP contribution in [-0.2, 0) is 6.54 Å². The molecule has 1 saturated heterocycles. The molecule has 2 atom stereocenters. The Morgan fingerprint density at radius 1 is 1.29 bits per heavy atom. The molecule has 0 radical (unpaired) electrons. The zero-order valence-corrected chi connectivity index (χ0v) is 11.2. The molecule has 0 amide bonds. The Kier molecular flexibility index (Phi) is 3.85. The van der Waals surface area contributed by atoms with Crippen molar-refractivity contribution in [2.24, 2.45) is 11.7 Å². The quantitative estimate of drug-likeness (QED) is 0.849. The number of piperidine rings is 1. The summed E-state index contributed by atoms with van der Waals surface area (Å²) in [6, 6.07) is 6.95. The summed E-state index contributed by atoms with van der Waals surface area (Å²) in [4.78, 5) is 2.54. The van der Waals surface area contributed by atoms with E-state index >= 15 is 0 Å². The van der Waals surface area contributed by atoms with E-state index in [-0.39, 0.29) is 0 Å². The molecule has 94 valence electrons. The first-order chi connectivity index (χ1) is 8.08. The minimum Gasteiger partial charge on any atom is -0.327 e. The van der Waals surface area contributed by atoms with Crippen LogP contribution in [-0.4, -0.2) is 24.0 Å². The van der Waals surface area contributed by atoms with E-state index in [1.54, 1.807) is 0 Å². The van der Waals surface area contributed by atoms with Crippen LogP contribution in [0.15, 0.2) is 18.2 Å². The van der Waals surface area contributed by atoms with Gasteiger partial charge in [-0.1, -0.05) is 25.1 Å². The van der Waals surface area contributed by atoms with Gasteiger partial charge >= 0.3 is 0 Å².